The molecule has 2 aromatic rings. The molecule has 0 spiro atoms. The van der Waals surface area contributed by atoms with Crippen LogP contribution in [0.25, 0.3) is 0 Å². The van der Waals surface area contributed by atoms with Crippen molar-refractivity contribution < 1.29 is 9.13 Å². The van der Waals surface area contributed by atoms with Crippen LogP contribution >= 0.6 is 0 Å². The van der Waals surface area contributed by atoms with E-state index in [0.29, 0.717) is 18.2 Å². The molecule has 1 aromatic carbocycles. The zero-order chi connectivity index (χ0) is 12.1. The molecule has 0 aliphatic carbocycles. The first kappa shape index (κ1) is 11.3. The van der Waals surface area contributed by atoms with Crippen molar-refractivity contribution in [3.8, 4) is 5.75 Å². The minimum Gasteiger partial charge on any atom is -0.494 e. The standard InChI is InChI=1S/C12H12FN3O/c1-17-11-7-15-12(16-8-11)14-6-9-2-4-10(13)5-3-9/h2-5,7-8H,6H2,1H3,(H,14,15,16). The van der Waals surface area contributed by atoms with Crippen LogP contribution in [0.2, 0.25) is 0 Å². The average molecular weight is 233 g/mol. The van der Waals surface area contributed by atoms with Crippen molar-refractivity contribution >= 4 is 5.95 Å². The van der Waals surface area contributed by atoms with Crippen LogP contribution in [-0.4, -0.2) is 17.1 Å². The maximum atomic E-state index is 12.7. The van der Waals surface area contributed by atoms with Gasteiger partial charge in [-0.3, -0.25) is 0 Å². The molecule has 17 heavy (non-hydrogen) atoms. The number of rotatable bonds is 4. The Morgan fingerprint density at radius 3 is 2.41 bits per heavy atom. The van der Waals surface area contributed by atoms with Crippen LogP contribution in [0, 0.1) is 5.82 Å². The fourth-order valence-corrected chi connectivity index (χ4v) is 1.30. The van der Waals surface area contributed by atoms with Crippen molar-refractivity contribution in [1.82, 2.24) is 9.97 Å². The number of nitrogens with zero attached hydrogens (tertiary/aromatic N) is 2. The van der Waals surface area contributed by atoms with E-state index >= 15 is 0 Å². The third-order valence-corrected chi connectivity index (χ3v) is 2.23. The van der Waals surface area contributed by atoms with Crippen molar-refractivity contribution in [3.05, 3.63) is 48.0 Å². The lowest BCUT2D eigenvalue weighted by atomic mass is 10.2. The molecule has 4 nitrogen and oxygen atoms in total. The first-order valence-corrected chi connectivity index (χ1v) is 5.12. The Hall–Kier alpha value is -2.17. The predicted molar refractivity (Wildman–Crippen MR) is 62.3 cm³/mol. The van der Waals surface area contributed by atoms with Gasteiger partial charge in [-0.05, 0) is 17.7 Å². The largest absolute Gasteiger partial charge is 0.494 e. The van der Waals surface area contributed by atoms with Crippen molar-refractivity contribution in [1.29, 1.82) is 0 Å². The number of halogens is 1. The fourth-order valence-electron chi connectivity index (χ4n) is 1.30. The summed E-state index contributed by atoms with van der Waals surface area (Å²) in [4.78, 5) is 8.12. The highest BCUT2D eigenvalue weighted by Gasteiger charge is 1.98. The van der Waals surface area contributed by atoms with Gasteiger partial charge in [0.2, 0.25) is 5.95 Å². The van der Waals surface area contributed by atoms with Gasteiger partial charge in [-0.2, -0.15) is 0 Å². The molecular weight excluding hydrogens is 221 g/mol. The molecular formula is C12H12FN3O. The molecule has 0 amide bonds. The number of nitrogens with one attached hydrogen (secondary N) is 1. The molecule has 0 bridgehead atoms. The molecule has 0 unspecified atom stereocenters. The molecule has 88 valence electrons. The number of aromatic nitrogens is 2. The monoisotopic (exact) mass is 233 g/mol. The molecule has 0 aliphatic rings. The molecule has 0 atom stereocenters. The summed E-state index contributed by atoms with van der Waals surface area (Å²) in [7, 11) is 1.56. The molecule has 5 heteroatoms. The van der Waals surface area contributed by atoms with E-state index in [1.165, 1.54) is 12.1 Å². The smallest absolute Gasteiger partial charge is 0.223 e. The molecule has 0 radical (unpaired) electrons. The van der Waals surface area contributed by atoms with Gasteiger partial charge < -0.3 is 10.1 Å². The highest BCUT2D eigenvalue weighted by molar-refractivity contribution is 5.29. The van der Waals surface area contributed by atoms with Crippen molar-refractivity contribution in [2.24, 2.45) is 0 Å². The van der Waals surface area contributed by atoms with Crippen molar-refractivity contribution in [2.45, 2.75) is 6.54 Å². The second kappa shape index (κ2) is 5.25. The van der Waals surface area contributed by atoms with Gasteiger partial charge in [0.05, 0.1) is 19.5 Å². The minimum absolute atomic E-state index is 0.241. The van der Waals surface area contributed by atoms with Gasteiger partial charge in [0.1, 0.15) is 5.82 Å². The van der Waals surface area contributed by atoms with E-state index in [9.17, 15) is 4.39 Å². The maximum absolute atomic E-state index is 12.7. The normalized spacial score (nSPS) is 10.0. The van der Waals surface area contributed by atoms with Gasteiger partial charge in [-0.15, -0.1) is 0 Å². The summed E-state index contributed by atoms with van der Waals surface area (Å²) in [6.07, 6.45) is 3.17. The van der Waals surface area contributed by atoms with E-state index in [1.54, 1.807) is 31.6 Å². The Kier molecular flexibility index (Phi) is 3.49. The summed E-state index contributed by atoms with van der Waals surface area (Å²) in [6, 6.07) is 6.27. The molecule has 1 aromatic heterocycles. The molecule has 2 rings (SSSR count). The lowest BCUT2D eigenvalue weighted by Crippen LogP contribution is -2.03. The third kappa shape index (κ3) is 3.14. The number of hydrogen-bond acceptors (Lipinski definition) is 4. The first-order chi connectivity index (χ1) is 8.28. The quantitative estimate of drug-likeness (QED) is 0.879. The molecule has 0 fully saturated rings. The van der Waals surface area contributed by atoms with E-state index in [1.807, 2.05) is 0 Å². The van der Waals surface area contributed by atoms with Gasteiger partial charge >= 0.3 is 0 Å². The number of anilines is 1. The first-order valence-electron chi connectivity index (χ1n) is 5.12. The minimum atomic E-state index is -0.241. The van der Waals surface area contributed by atoms with Gasteiger partial charge in [0, 0.05) is 6.54 Å². The van der Waals surface area contributed by atoms with E-state index in [2.05, 4.69) is 15.3 Å². The number of methoxy groups -OCH3 is 1. The van der Waals surface area contributed by atoms with Gasteiger partial charge in [-0.1, -0.05) is 12.1 Å². The second-order valence-corrected chi connectivity index (χ2v) is 3.43. The Labute approximate surface area is 98.5 Å². The maximum Gasteiger partial charge on any atom is 0.223 e. The molecule has 0 aliphatic heterocycles. The SMILES string of the molecule is COc1cnc(NCc2ccc(F)cc2)nc1. The van der Waals surface area contributed by atoms with E-state index < -0.39 is 0 Å². The molecule has 0 saturated heterocycles. The van der Waals surface area contributed by atoms with E-state index in [4.69, 9.17) is 4.74 Å². The van der Waals surface area contributed by atoms with Crippen LogP contribution in [0.15, 0.2) is 36.7 Å². The summed E-state index contributed by atoms with van der Waals surface area (Å²) < 4.78 is 17.6. The number of benzene rings is 1. The Balaban J connectivity index is 1.95. The van der Waals surface area contributed by atoms with E-state index in [0.717, 1.165) is 5.56 Å². The number of ether oxygens (including phenoxy) is 1. The van der Waals surface area contributed by atoms with Crippen LogP contribution in [0.5, 0.6) is 5.75 Å². The summed E-state index contributed by atoms with van der Waals surface area (Å²) in [6.45, 7) is 0.548. The van der Waals surface area contributed by atoms with Crippen LogP contribution in [0.1, 0.15) is 5.56 Å². The highest BCUT2D eigenvalue weighted by atomic mass is 19.1. The zero-order valence-electron chi connectivity index (χ0n) is 9.35. The van der Waals surface area contributed by atoms with Crippen LogP contribution in [0.4, 0.5) is 10.3 Å². The number of hydrogen-bond donors (Lipinski definition) is 1. The summed E-state index contributed by atoms with van der Waals surface area (Å²) in [5.74, 6) is 0.877. The molecule has 1 N–H and O–H groups in total. The third-order valence-electron chi connectivity index (χ3n) is 2.23. The molecule has 1 heterocycles. The van der Waals surface area contributed by atoms with Crippen molar-refractivity contribution in [2.75, 3.05) is 12.4 Å². The van der Waals surface area contributed by atoms with Crippen LogP contribution in [0.3, 0.4) is 0 Å². The Bertz CT molecular complexity index is 470. The topological polar surface area (TPSA) is 47.0 Å². The average Bonchev–Trinajstić information content (AvgIpc) is 2.39. The lowest BCUT2D eigenvalue weighted by Gasteiger charge is -2.05. The van der Waals surface area contributed by atoms with Crippen LogP contribution < -0.4 is 10.1 Å². The second-order valence-electron chi connectivity index (χ2n) is 3.43. The highest BCUT2D eigenvalue weighted by Crippen LogP contribution is 2.09. The van der Waals surface area contributed by atoms with Crippen molar-refractivity contribution in [3.63, 3.8) is 0 Å². The zero-order valence-corrected chi connectivity index (χ0v) is 9.35. The Morgan fingerprint density at radius 1 is 1.18 bits per heavy atom. The fraction of sp³-hybridized carbons (Fsp3) is 0.167. The summed E-state index contributed by atoms with van der Waals surface area (Å²) >= 11 is 0. The van der Waals surface area contributed by atoms with Crippen LogP contribution in [-0.2, 0) is 6.54 Å². The Morgan fingerprint density at radius 2 is 1.82 bits per heavy atom. The van der Waals surface area contributed by atoms with E-state index in [-0.39, 0.29) is 5.82 Å². The lowest BCUT2D eigenvalue weighted by molar-refractivity contribution is 0.411. The summed E-state index contributed by atoms with van der Waals surface area (Å²) in [5, 5.41) is 3.03. The summed E-state index contributed by atoms with van der Waals surface area (Å²) in [5.41, 5.74) is 0.964. The van der Waals surface area contributed by atoms with Gasteiger partial charge in [-0.25, -0.2) is 14.4 Å². The predicted octanol–water partition coefficient (Wildman–Crippen LogP) is 2.24. The van der Waals surface area contributed by atoms with Gasteiger partial charge in [0.15, 0.2) is 5.75 Å². The molecule has 0 saturated carbocycles. The van der Waals surface area contributed by atoms with Gasteiger partial charge in [0.25, 0.3) is 0 Å².